The van der Waals surface area contributed by atoms with Gasteiger partial charge < -0.3 is 19.1 Å². The van der Waals surface area contributed by atoms with Crippen LogP contribution in [0.25, 0.3) is 10.9 Å². The molecular weight excluding hydrogens is 269 g/mol. The van der Waals surface area contributed by atoms with Crippen molar-refractivity contribution in [2.24, 2.45) is 7.05 Å². The summed E-state index contributed by atoms with van der Waals surface area (Å²) >= 11 is 0. The van der Waals surface area contributed by atoms with Crippen LogP contribution >= 0.6 is 7.60 Å². The van der Waals surface area contributed by atoms with E-state index in [4.69, 9.17) is 14.5 Å². The summed E-state index contributed by atoms with van der Waals surface area (Å²) in [7, 11) is -1.18. The van der Waals surface area contributed by atoms with E-state index in [1.54, 1.807) is 25.2 Å². The van der Waals surface area contributed by atoms with Crippen molar-refractivity contribution in [3.63, 3.8) is 0 Å². The number of nitrogens with zero attached hydrogens (tertiary/aromatic N) is 1. The topological polar surface area (TPSA) is 88.8 Å². The molecule has 1 aromatic carbocycles. The van der Waals surface area contributed by atoms with Gasteiger partial charge in [-0.25, -0.2) is 0 Å². The molecular formula is C12H14NO5P. The van der Waals surface area contributed by atoms with Gasteiger partial charge in [0.25, 0.3) is 5.56 Å². The Labute approximate surface area is 109 Å². The molecule has 7 heteroatoms. The molecule has 0 aliphatic heterocycles. The molecule has 19 heavy (non-hydrogen) atoms. The quantitative estimate of drug-likeness (QED) is 0.827. The van der Waals surface area contributed by atoms with Crippen molar-refractivity contribution < 1.29 is 19.1 Å². The van der Waals surface area contributed by atoms with E-state index in [9.17, 15) is 9.36 Å². The van der Waals surface area contributed by atoms with Gasteiger partial charge >= 0.3 is 7.60 Å². The Morgan fingerprint density at radius 1 is 1.32 bits per heavy atom. The summed E-state index contributed by atoms with van der Waals surface area (Å²) in [5.41, 5.74) is 0.373. The zero-order chi connectivity index (χ0) is 14.2. The standard InChI is InChI=1S/C12H14NO5P/c1-13-11-4-3-10(18-2)6-8(11)5-9(12(13)14)7-19(15,16)17/h3-6H,7H2,1-2H3,(H2,15,16,17). The molecule has 1 heterocycles. The second-order valence-corrected chi connectivity index (χ2v) is 5.93. The maximum absolute atomic E-state index is 12.0. The van der Waals surface area contributed by atoms with Crippen LogP contribution in [-0.2, 0) is 17.8 Å². The third-order valence-corrected chi connectivity index (χ3v) is 3.63. The highest BCUT2D eigenvalue weighted by molar-refractivity contribution is 7.50. The van der Waals surface area contributed by atoms with Crippen LogP contribution in [0.4, 0.5) is 0 Å². The Morgan fingerprint density at radius 2 is 2.00 bits per heavy atom. The van der Waals surface area contributed by atoms with Gasteiger partial charge in [0.1, 0.15) is 5.75 Å². The number of methoxy groups -OCH3 is 1. The van der Waals surface area contributed by atoms with Gasteiger partial charge in [0, 0.05) is 18.0 Å². The summed E-state index contributed by atoms with van der Waals surface area (Å²) < 4.78 is 17.5. The van der Waals surface area contributed by atoms with Crippen LogP contribution in [-0.4, -0.2) is 21.5 Å². The first-order valence-electron chi connectivity index (χ1n) is 5.53. The summed E-state index contributed by atoms with van der Waals surface area (Å²) in [5, 5.41) is 0.699. The predicted octanol–water partition coefficient (Wildman–Crippen LogP) is 1.22. The molecule has 0 aliphatic carbocycles. The van der Waals surface area contributed by atoms with Crippen LogP contribution in [0.5, 0.6) is 5.75 Å². The summed E-state index contributed by atoms with van der Waals surface area (Å²) in [5.74, 6) is 0.619. The summed E-state index contributed by atoms with van der Waals surface area (Å²) in [4.78, 5) is 30.0. The number of fused-ring (bicyclic) bond motifs is 1. The fourth-order valence-electron chi connectivity index (χ4n) is 1.99. The number of rotatable bonds is 3. The molecule has 0 aliphatic rings. The molecule has 0 fully saturated rings. The average Bonchev–Trinajstić information content (AvgIpc) is 2.33. The lowest BCUT2D eigenvalue weighted by Gasteiger charge is -2.10. The maximum Gasteiger partial charge on any atom is 0.330 e. The summed E-state index contributed by atoms with van der Waals surface area (Å²) in [6, 6.07) is 6.68. The zero-order valence-electron chi connectivity index (χ0n) is 10.5. The van der Waals surface area contributed by atoms with Crippen molar-refractivity contribution in [1.82, 2.24) is 4.57 Å². The minimum atomic E-state index is -4.28. The van der Waals surface area contributed by atoms with Crippen LogP contribution in [0.2, 0.25) is 0 Å². The zero-order valence-corrected chi connectivity index (χ0v) is 11.4. The molecule has 0 saturated heterocycles. The van der Waals surface area contributed by atoms with Gasteiger partial charge in [-0.2, -0.15) is 0 Å². The van der Waals surface area contributed by atoms with Crippen molar-refractivity contribution >= 4 is 18.5 Å². The van der Waals surface area contributed by atoms with Crippen molar-refractivity contribution in [1.29, 1.82) is 0 Å². The Kier molecular flexibility index (Phi) is 3.49. The second kappa shape index (κ2) is 4.81. The van der Waals surface area contributed by atoms with Crippen molar-refractivity contribution in [3.8, 4) is 5.75 Å². The molecule has 0 saturated carbocycles. The Hall–Kier alpha value is -1.62. The van der Waals surface area contributed by atoms with Gasteiger partial charge in [-0.1, -0.05) is 0 Å². The molecule has 0 bridgehead atoms. The Balaban J connectivity index is 2.70. The van der Waals surface area contributed by atoms with E-state index in [2.05, 4.69) is 0 Å². The molecule has 2 N–H and O–H groups in total. The number of benzene rings is 1. The third kappa shape index (κ3) is 2.87. The fraction of sp³-hybridized carbons (Fsp3) is 0.250. The molecule has 102 valence electrons. The van der Waals surface area contributed by atoms with Crippen LogP contribution in [0, 0.1) is 0 Å². The van der Waals surface area contributed by atoms with Crippen LogP contribution in [0.1, 0.15) is 5.56 Å². The molecule has 2 aromatic rings. The number of hydrogen-bond acceptors (Lipinski definition) is 3. The van der Waals surface area contributed by atoms with E-state index >= 15 is 0 Å². The van der Waals surface area contributed by atoms with Crippen molar-refractivity contribution in [3.05, 3.63) is 40.2 Å². The second-order valence-electron chi connectivity index (χ2n) is 4.28. The van der Waals surface area contributed by atoms with Crippen LogP contribution < -0.4 is 10.3 Å². The largest absolute Gasteiger partial charge is 0.497 e. The smallest absolute Gasteiger partial charge is 0.330 e. The highest BCUT2D eigenvalue weighted by Crippen LogP contribution is 2.38. The minimum Gasteiger partial charge on any atom is -0.497 e. The van der Waals surface area contributed by atoms with Crippen molar-refractivity contribution in [2.75, 3.05) is 7.11 Å². The first-order chi connectivity index (χ1) is 8.81. The van der Waals surface area contributed by atoms with E-state index in [0.29, 0.717) is 16.7 Å². The Bertz CT molecular complexity index is 731. The first-order valence-corrected chi connectivity index (χ1v) is 7.33. The molecule has 0 amide bonds. The lowest BCUT2D eigenvalue weighted by molar-refractivity contribution is 0.371. The highest BCUT2D eigenvalue weighted by Gasteiger charge is 2.18. The van der Waals surface area contributed by atoms with Gasteiger partial charge in [0.05, 0.1) is 18.8 Å². The molecule has 0 unspecified atom stereocenters. The highest BCUT2D eigenvalue weighted by atomic mass is 31.2. The minimum absolute atomic E-state index is 0.0941. The number of aryl methyl sites for hydroxylation is 1. The Morgan fingerprint density at radius 3 is 2.58 bits per heavy atom. The molecule has 0 atom stereocenters. The summed E-state index contributed by atoms with van der Waals surface area (Å²) in [6.07, 6.45) is -0.563. The lowest BCUT2D eigenvalue weighted by Crippen LogP contribution is -2.21. The van der Waals surface area contributed by atoms with E-state index < -0.39 is 19.3 Å². The molecule has 0 radical (unpaired) electrons. The van der Waals surface area contributed by atoms with E-state index in [1.807, 2.05) is 0 Å². The number of ether oxygens (including phenoxy) is 1. The monoisotopic (exact) mass is 283 g/mol. The predicted molar refractivity (Wildman–Crippen MR) is 71.5 cm³/mol. The first kappa shape index (κ1) is 13.8. The van der Waals surface area contributed by atoms with Gasteiger partial charge in [0.15, 0.2) is 0 Å². The van der Waals surface area contributed by atoms with Gasteiger partial charge in [-0.15, -0.1) is 0 Å². The normalized spacial score (nSPS) is 11.8. The van der Waals surface area contributed by atoms with Gasteiger partial charge in [-0.3, -0.25) is 9.36 Å². The van der Waals surface area contributed by atoms with E-state index in [-0.39, 0.29) is 5.56 Å². The lowest BCUT2D eigenvalue weighted by atomic mass is 10.1. The van der Waals surface area contributed by atoms with Gasteiger partial charge in [0.2, 0.25) is 0 Å². The number of pyridine rings is 1. The molecule has 6 nitrogen and oxygen atoms in total. The van der Waals surface area contributed by atoms with E-state index in [1.165, 1.54) is 17.7 Å². The number of aromatic nitrogens is 1. The van der Waals surface area contributed by atoms with Crippen LogP contribution in [0.15, 0.2) is 29.1 Å². The fourth-order valence-corrected chi connectivity index (χ4v) is 2.66. The average molecular weight is 283 g/mol. The molecule has 1 aromatic heterocycles. The third-order valence-electron chi connectivity index (χ3n) is 2.88. The SMILES string of the molecule is COc1ccc2c(c1)cc(CP(=O)(O)O)c(=O)n2C. The van der Waals surface area contributed by atoms with Crippen molar-refractivity contribution in [2.45, 2.75) is 6.16 Å². The molecule has 0 spiro atoms. The number of hydrogen-bond donors (Lipinski definition) is 2. The maximum atomic E-state index is 12.0. The van der Waals surface area contributed by atoms with Crippen LogP contribution in [0.3, 0.4) is 0 Å². The summed E-state index contributed by atoms with van der Waals surface area (Å²) in [6.45, 7) is 0. The molecule has 2 rings (SSSR count). The van der Waals surface area contributed by atoms with E-state index in [0.717, 1.165) is 0 Å². The van der Waals surface area contributed by atoms with Gasteiger partial charge in [-0.05, 0) is 24.3 Å².